The van der Waals surface area contributed by atoms with Crippen molar-refractivity contribution in [1.29, 1.82) is 0 Å². The first-order valence-corrected chi connectivity index (χ1v) is 6.30. The van der Waals surface area contributed by atoms with Crippen molar-refractivity contribution in [2.24, 2.45) is 12.8 Å². The lowest BCUT2D eigenvalue weighted by molar-refractivity contribution is 0.648. The minimum Gasteiger partial charge on any atom is -0.336 e. The molecule has 1 aromatic carbocycles. The van der Waals surface area contributed by atoms with Crippen molar-refractivity contribution < 1.29 is 0 Å². The van der Waals surface area contributed by atoms with Crippen LogP contribution in [0.2, 0.25) is 0 Å². The van der Waals surface area contributed by atoms with Crippen LogP contribution >= 0.6 is 0 Å². The van der Waals surface area contributed by atoms with Crippen LogP contribution in [0, 0.1) is 0 Å². The second-order valence-corrected chi connectivity index (χ2v) is 4.74. The molecule has 4 nitrogen and oxygen atoms in total. The van der Waals surface area contributed by atoms with E-state index in [9.17, 15) is 0 Å². The van der Waals surface area contributed by atoms with Gasteiger partial charge in [-0.25, -0.2) is 4.98 Å². The van der Waals surface area contributed by atoms with Gasteiger partial charge in [0.2, 0.25) is 0 Å². The highest BCUT2D eigenvalue weighted by atomic mass is 15.0. The number of imidazole rings is 1. The van der Waals surface area contributed by atoms with Gasteiger partial charge in [-0.15, -0.1) is 0 Å². The Morgan fingerprint density at radius 2 is 2.05 bits per heavy atom. The molecule has 0 saturated carbocycles. The normalized spacial score (nSPS) is 12.7. The molecule has 0 aliphatic carbocycles. The number of rotatable bonds is 3. The Morgan fingerprint density at radius 1 is 1.21 bits per heavy atom. The van der Waals surface area contributed by atoms with Crippen LogP contribution in [0.4, 0.5) is 0 Å². The van der Waals surface area contributed by atoms with E-state index >= 15 is 0 Å². The molecule has 2 N–H and O–H groups in total. The van der Waals surface area contributed by atoms with Crippen LogP contribution in [0.15, 0.2) is 48.9 Å². The van der Waals surface area contributed by atoms with Crippen molar-refractivity contribution >= 4 is 10.9 Å². The third-order valence-corrected chi connectivity index (χ3v) is 3.32. The van der Waals surface area contributed by atoms with E-state index in [2.05, 4.69) is 22.1 Å². The minimum atomic E-state index is -0.0823. The highest BCUT2D eigenvalue weighted by molar-refractivity contribution is 5.78. The van der Waals surface area contributed by atoms with Gasteiger partial charge in [-0.1, -0.05) is 24.3 Å². The summed E-state index contributed by atoms with van der Waals surface area (Å²) in [6.07, 6.45) is 4.29. The van der Waals surface area contributed by atoms with Crippen molar-refractivity contribution in [2.75, 3.05) is 0 Å². The first-order valence-electron chi connectivity index (χ1n) is 6.30. The van der Waals surface area contributed by atoms with E-state index in [1.807, 2.05) is 42.1 Å². The lowest BCUT2D eigenvalue weighted by Gasteiger charge is -2.12. The number of pyridine rings is 1. The largest absolute Gasteiger partial charge is 0.336 e. The Balaban J connectivity index is 1.87. The summed E-state index contributed by atoms with van der Waals surface area (Å²) >= 11 is 0. The Morgan fingerprint density at radius 3 is 2.84 bits per heavy atom. The summed E-state index contributed by atoms with van der Waals surface area (Å²) in [5.74, 6) is 0. The van der Waals surface area contributed by atoms with Crippen molar-refractivity contribution in [2.45, 2.75) is 12.5 Å². The van der Waals surface area contributed by atoms with Crippen LogP contribution < -0.4 is 5.73 Å². The standard InChI is InChI=1S/C15H16N4/c1-19-10-17-9-15(19)13(16)8-12-7-6-11-4-2-3-5-14(11)18-12/h2-7,9-10,13H,8,16H2,1H3. The number of nitrogens with two attached hydrogens (primary N) is 1. The average Bonchev–Trinajstić information content (AvgIpc) is 2.85. The molecule has 0 spiro atoms. The molecular formula is C15H16N4. The number of benzene rings is 1. The Bertz CT molecular complexity index is 702. The van der Waals surface area contributed by atoms with E-state index in [4.69, 9.17) is 5.73 Å². The molecule has 0 aliphatic rings. The zero-order chi connectivity index (χ0) is 13.2. The number of aryl methyl sites for hydroxylation is 1. The molecule has 4 heteroatoms. The summed E-state index contributed by atoms with van der Waals surface area (Å²) in [7, 11) is 1.95. The first-order chi connectivity index (χ1) is 9.24. The van der Waals surface area contributed by atoms with Crippen molar-refractivity contribution in [3.05, 3.63) is 60.3 Å². The zero-order valence-electron chi connectivity index (χ0n) is 10.8. The maximum Gasteiger partial charge on any atom is 0.0946 e. The van der Waals surface area contributed by atoms with E-state index in [-0.39, 0.29) is 6.04 Å². The van der Waals surface area contributed by atoms with E-state index in [0.717, 1.165) is 22.3 Å². The van der Waals surface area contributed by atoms with E-state index in [0.29, 0.717) is 6.42 Å². The first kappa shape index (κ1) is 11.9. The summed E-state index contributed by atoms with van der Waals surface area (Å²) in [5, 5.41) is 1.15. The van der Waals surface area contributed by atoms with Crippen LogP contribution in [0.25, 0.3) is 10.9 Å². The van der Waals surface area contributed by atoms with Crippen LogP contribution in [0.3, 0.4) is 0 Å². The minimum absolute atomic E-state index is 0.0823. The lowest BCUT2D eigenvalue weighted by Crippen LogP contribution is -2.17. The van der Waals surface area contributed by atoms with E-state index in [1.54, 1.807) is 6.33 Å². The molecule has 0 saturated heterocycles. The number of para-hydroxylation sites is 1. The fourth-order valence-electron chi connectivity index (χ4n) is 2.28. The fourth-order valence-corrected chi connectivity index (χ4v) is 2.28. The van der Waals surface area contributed by atoms with Gasteiger partial charge < -0.3 is 10.3 Å². The van der Waals surface area contributed by atoms with Gasteiger partial charge >= 0.3 is 0 Å². The van der Waals surface area contributed by atoms with Gasteiger partial charge in [-0.3, -0.25) is 4.98 Å². The predicted octanol–water partition coefficient (Wildman–Crippen LogP) is 2.21. The van der Waals surface area contributed by atoms with Gasteiger partial charge in [0.05, 0.1) is 23.6 Å². The molecule has 0 radical (unpaired) electrons. The smallest absolute Gasteiger partial charge is 0.0946 e. The van der Waals surface area contributed by atoms with E-state index in [1.165, 1.54) is 0 Å². The molecule has 3 aromatic rings. The molecule has 2 aromatic heterocycles. The molecule has 3 rings (SSSR count). The van der Waals surface area contributed by atoms with Crippen LogP contribution in [0.5, 0.6) is 0 Å². The third-order valence-electron chi connectivity index (χ3n) is 3.32. The Hall–Kier alpha value is -2.20. The van der Waals surface area contributed by atoms with Gasteiger partial charge in [0.15, 0.2) is 0 Å². The zero-order valence-corrected chi connectivity index (χ0v) is 10.8. The van der Waals surface area contributed by atoms with Gasteiger partial charge in [0.1, 0.15) is 0 Å². The number of hydrogen-bond acceptors (Lipinski definition) is 3. The summed E-state index contributed by atoms with van der Waals surface area (Å²) in [6, 6.07) is 12.2. The van der Waals surface area contributed by atoms with Crippen molar-refractivity contribution in [3.8, 4) is 0 Å². The maximum absolute atomic E-state index is 6.22. The van der Waals surface area contributed by atoms with Gasteiger partial charge in [-0.2, -0.15) is 0 Å². The fraction of sp³-hybridized carbons (Fsp3) is 0.200. The summed E-state index contributed by atoms with van der Waals surface area (Å²) in [6.45, 7) is 0. The summed E-state index contributed by atoms with van der Waals surface area (Å²) in [5.41, 5.74) is 9.26. The molecule has 1 unspecified atom stereocenters. The van der Waals surface area contributed by atoms with E-state index < -0.39 is 0 Å². The highest BCUT2D eigenvalue weighted by Crippen LogP contribution is 2.17. The lowest BCUT2D eigenvalue weighted by atomic mass is 10.1. The number of aromatic nitrogens is 3. The second-order valence-electron chi connectivity index (χ2n) is 4.74. The molecule has 1 atom stereocenters. The Kier molecular flexibility index (Phi) is 3.01. The van der Waals surface area contributed by atoms with Crippen LogP contribution in [-0.4, -0.2) is 14.5 Å². The number of hydrogen-bond donors (Lipinski definition) is 1. The quantitative estimate of drug-likeness (QED) is 0.777. The Labute approximate surface area is 111 Å². The second kappa shape index (κ2) is 4.82. The summed E-state index contributed by atoms with van der Waals surface area (Å²) in [4.78, 5) is 8.74. The number of nitrogens with zero attached hydrogens (tertiary/aromatic N) is 3. The average molecular weight is 252 g/mol. The molecule has 19 heavy (non-hydrogen) atoms. The van der Waals surface area contributed by atoms with Crippen LogP contribution in [0.1, 0.15) is 17.4 Å². The van der Waals surface area contributed by atoms with Crippen molar-refractivity contribution in [1.82, 2.24) is 14.5 Å². The van der Waals surface area contributed by atoms with Gasteiger partial charge in [-0.05, 0) is 12.1 Å². The van der Waals surface area contributed by atoms with Crippen LogP contribution in [-0.2, 0) is 13.5 Å². The van der Waals surface area contributed by atoms with Crippen molar-refractivity contribution in [3.63, 3.8) is 0 Å². The predicted molar refractivity (Wildman–Crippen MR) is 75.6 cm³/mol. The highest BCUT2D eigenvalue weighted by Gasteiger charge is 2.11. The molecule has 0 amide bonds. The molecule has 0 aliphatic heterocycles. The monoisotopic (exact) mass is 252 g/mol. The molecule has 96 valence electrons. The maximum atomic E-state index is 6.22. The van der Waals surface area contributed by atoms with Gasteiger partial charge in [0.25, 0.3) is 0 Å². The molecule has 0 bridgehead atoms. The topological polar surface area (TPSA) is 56.7 Å². The third kappa shape index (κ3) is 2.35. The molecule has 2 heterocycles. The molecular weight excluding hydrogens is 236 g/mol. The van der Waals surface area contributed by atoms with Gasteiger partial charge in [0, 0.05) is 30.7 Å². The SMILES string of the molecule is Cn1cncc1C(N)Cc1ccc2ccccc2n1. The molecule has 0 fully saturated rings. The summed E-state index contributed by atoms with van der Waals surface area (Å²) < 4.78 is 1.95. The number of fused-ring (bicyclic) bond motifs is 1.